The van der Waals surface area contributed by atoms with E-state index in [1.165, 1.54) is 0 Å². The SMILES string of the molecule is CCCNc1nccc(N(CCOC)C(CC)CC)n1. The van der Waals surface area contributed by atoms with Crippen molar-refractivity contribution < 1.29 is 4.74 Å². The van der Waals surface area contributed by atoms with Gasteiger partial charge in [-0.2, -0.15) is 4.98 Å². The van der Waals surface area contributed by atoms with Crippen molar-refractivity contribution in [3.05, 3.63) is 12.3 Å². The molecule has 1 N–H and O–H groups in total. The van der Waals surface area contributed by atoms with Crippen LogP contribution in [0, 0.1) is 0 Å². The molecule has 5 heteroatoms. The Morgan fingerprint density at radius 1 is 1.30 bits per heavy atom. The van der Waals surface area contributed by atoms with E-state index in [2.05, 4.69) is 41.0 Å². The molecule has 0 radical (unpaired) electrons. The highest BCUT2D eigenvalue weighted by Gasteiger charge is 2.17. The van der Waals surface area contributed by atoms with E-state index in [9.17, 15) is 0 Å². The van der Waals surface area contributed by atoms with Gasteiger partial charge in [0.15, 0.2) is 0 Å². The van der Waals surface area contributed by atoms with Gasteiger partial charge < -0.3 is 15.0 Å². The van der Waals surface area contributed by atoms with E-state index in [1.54, 1.807) is 7.11 Å². The second-order valence-corrected chi connectivity index (χ2v) is 4.82. The van der Waals surface area contributed by atoms with E-state index in [0.29, 0.717) is 18.6 Å². The number of nitrogens with one attached hydrogen (secondary N) is 1. The average molecular weight is 280 g/mol. The van der Waals surface area contributed by atoms with Crippen molar-refractivity contribution >= 4 is 11.8 Å². The summed E-state index contributed by atoms with van der Waals surface area (Å²) >= 11 is 0. The zero-order valence-corrected chi connectivity index (χ0v) is 13.2. The minimum absolute atomic E-state index is 0.485. The number of anilines is 2. The Morgan fingerprint density at radius 3 is 2.65 bits per heavy atom. The second kappa shape index (κ2) is 9.53. The summed E-state index contributed by atoms with van der Waals surface area (Å²) < 4.78 is 5.23. The summed E-state index contributed by atoms with van der Waals surface area (Å²) in [5, 5.41) is 3.24. The second-order valence-electron chi connectivity index (χ2n) is 4.82. The highest BCUT2D eigenvalue weighted by molar-refractivity contribution is 5.43. The molecule has 1 rings (SSSR count). The number of hydrogen-bond acceptors (Lipinski definition) is 5. The Hall–Kier alpha value is -1.36. The highest BCUT2D eigenvalue weighted by Crippen LogP contribution is 2.18. The van der Waals surface area contributed by atoms with E-state index >= 15 is 0 Å². The number of nitrogens with zero attached hydrogens (tertiary/aromatic N) is 3. The van der Waals surface area contributed by atoms with Gasteiger partial charge in [0, 0.05) is 32.4 Å². The standard InChI is InChI=1S/C15H28N4O/c1-5-9-16-15-17-10-8-14(18-15)19(11-12-20-4)13(6-2)7-3/h8,10,13H,5-7,9,11-12H2,1-4H3,(H,16,17,18). The van der Waals surface area contributed by atoms with Crippen molar-refractivity contribution in [2.75, 3.05) is 37.0 Å². The molecular formula is C15H28N4O. The van der Waals surface area contributed by atoms with Crippen LogP contribution in [0.2, 0.25) is 0 Å². The first-order valence-corrected chi connectivity index (χ1v) is 7.59. The molecule has 1 aromatic rings. The zero-order chi connectivity index (χ0) is 14.8. The van der Waals surface area contributed by atoms with Crippen LogP contribution in [0.1, 0.15) is 40.0 Å². The molecule has 5 nitrogen and oxygen atoms in total. The molecule has 0 saturated heterocycles. The van der Waals surface area contributed by atoms with Crippen LogP contribution >= 0.6 is 0 Å². The molecule has 0 aromatic carbocycles. The van der Waals surface area contributed by atoms with E-state index in [1.807, 2.05) is 12.3 Å². The normalized spacial score (nSPS) is 10.8. The molecular weight excluding hydrogens is 252 g/mol. The fourth-order valence-electron chi connectivity index (χ4n) is 2.23. The van der Waals surface area contributed by atoms with E-state index in [0.717, 1.165) is 38.2 Å². The van der Waals surface area contributed by atoms with Gasteiger partial charge in [0.05, 0.1) is 6.61 Å². The lowest BCUT2D eigenvalue weighted by Gasteiger charge is -2.31. The van der Waals surface area contributed by atoms with E-state index < -0.39 is 0 Å². The lowest BCUT2D eigenvalue weighted by atomic mass is 10.1. The van der Waals surface area contributed by atoms with Gasteiger partial charge in [0.1, 0.15) is 5.82 Å². The Kier molecular flexibility index (Phi) is 7.95. The van der Waals surface area contributed by atoms with Crippen LogP contribution in [-0.2, 0) is 4.74 Å². The van der Waals surface area contributed by atoms with Crippen LogP contribution in [0.25, 0.3) is 0 Å². The van der Waals surface area contributed by atoms with Crippen molar-refractivity contribution in [2.45, 2.75) is 46.1 Å². The Balaban J connectivity index is 2.87. The Morgan fingerprint density at radius 2 is 2.05 bits per heavy atom. The molecule has 0 atom stereocenters. The third-order valence-corrected chi connectivity index (χ3v) is 3.39. The van der Waals surface area contributed by atoms with Crippen LogP contribution < -0.4 is 10.2 Å². The zero-order valence-electron chi connectivity index (χ0n) is 13.2. The maximum absolute atomic E-state index is 5.23. The summed E-state index contributed by atoms with van der Waals surface area (Å²) in [7, 11) is 1.74. The third kappa shape index (κ3) is 4.96. The van der Waals surface area contributed by atoms with Crippen molar-refractivity contribution in [1.82, 2.24) is 9.97 Å². The molecule has 1 aromatic heterocycles. The van der Waals surface area contributed by atoms with Gasteiger partial charge in [-0.3, -0.25) is 0 Å². The van der Waals surface area contributed by atoms with Crippen LogP contribution in [0.5, 0.6) is 0 Å². The molecule has 0 saturated carbocycles. The van der Waals surface area contributed by atoms with Crippen LogP contribution in [-0.4, -0.2) is 42.8 Å². The van der Waals surface area contributed by atoms with Gasteiger partial charge >= 0.3 is 0 Å². The summed E-state index contributed by atoms with van der Waals surface area (Å²) in [4.78, 5) is 11.2. The summed E-state index contributed by atoms with van der Waals surface area (Å²) in [6.45, 7) is 9.01. The first kappa shape index (κ1) is 16.7. The minimum atomic E-state index is 0.485. The topological polar surface area (TPSA) is 50.3 Å². The van der Waals surface area contributed by atoms with Gasteiger partial charge in [0.2, 0.25) is 5.95 Å². The summed E-state index contributed by atoms with van der Waals surface area (Å²) in [5.74, 6) is 1.68. The molecule has 0 spiro atoms. The molecule has 0 amide bonds. The van der Waals surface area contributed by atoms with Gasteiger partial charge in [-0.15, -0.1) is 0 Å². The van der Waals surface area contributed by atoms with E-state index in [-0.39, 0.29) is 0 Å². The first-order chi connectivity index (χ1) is 9.76. The molecule has 114 valence electrons. The first-order valence-electron chi connectivity index (χ1n) is 7.59. The number of ether oxygens (including phenoxy) is 1. The van der Waals surface area contributed by atoms with Crippen molar-refractivity contribution in [1.29, 1.82) is 0 Å². The Labute approximate surface area is 122 Å². The fraction of sp³-hybridized carbons (Fsp3) is 0.733. The average Bonchev–Trinajstić information content (AvgIpc) is 2.49. The highest BCUT2D eigenvalue weighted by atomic mass is 16.5. The predicted octanol–water partition coefficient (Wildman–Crippen LogP) is 2.94. The molecule has 0 bridgehead atoms. The molecule has 0 aliphatic rings. The molecule has 0 aliphatic heterocycles. The van der Waals surface area contributed by atoms with Gasteiger partial charge in [-0.05, 0) is 25.3 Å². The lowest BCUT2D eigenvalue weighted by Crippen LogP contribution is -2.37. The van der Waals surface area contributed by atoms with Crippen LogP contribution in [0.15, 0.2) is 12.3 Å². The van der Waals surface area contributed by atoms with Gasteiger partial charge in [0.25, 0.3) is 0 Å². The summed E-state index contributed by atoms with van der Waals surface area (Å²) in [5.41, 5.74) is 0. The summed E-state index contributed by atoms with van der Waals surface area (Å²) in [6.07, 6.45) is 5.08. The number of aromatic nitrogens is 2. The molecule has 1 heterocycles. The quantitative estimate of drug-likeness (QED) is 0.714. The minimum Gasteiger partial charge on any atom is -0.383 e. The van der Waals surface area contributed by atoms with Crippen LogP contribution in [0.3, 0.4) is 0 Å². The largest absolute Gasteiger partial charge is 0.383 e. The lowest BCUT2D eigenvalue weighted by molar-refractivity contribution is 0.202. The summed E-state index contributed by atoms with van der Waals surface area (Å²) in [6, 6.07) is 2.46. The third-order valence-electron chi connectivity index (χ3n) is 3.39. The molecule has 0 unspecified atom stereocenters. The molecule has 0 fully saturated rings. The van der Waals surface area contributed by atoms with Gasteiger partial charge in [-0.1, -0.05) is 20.8 Å². The Bertz CT molecular complexity index is 369. The van der Waals surface area contributed by atoms with Crippen molar-refractivity contribution in [3.63, 3.8) is 0 Å². The fourth-order valence-corrected chi connectivity index (χ4v) is 2.23. The monoisotopic (exact) mass is 280 g/mol. The van der Waals surface area contributed by atoms with Crippen molar-refractivity contribution in [3.8, 4) is 0 Å². The number of rotatable bonds is 10. The number of hydrogen-bond donors (Lipinski definition) is 1. The molecule has 20 heavy (non-hydrogen) atoms. The maximum Gasteiger partial charge on any atom is 0.224 e. The van der Waals surface area contributed by atoms with Gasteiger partial charge in [-0.25, -0.2) is 4.98 Å². The van der Waals surface area contributed by atoms with Crippen LogP contribution in [0.4, 0.5) is 11.8 Å². The predicted molar refractivity (Wildman–Crippen MR) is 84.4 cm³/mol. The van der Waals surface area contributed by atoms with Crippen molar-refractivity contribution in [2.24, 2.45) is 0 Å². The maximum atomic E-state index is 5.23. The smallest absolute Gasteiger partial charge is 0.224 e. The number of methoxy groups -OCH3 is 1. The molecule has 0 aliphatic carbocycles. The van der Waals surface area contributed by atoms with E-state index in [4.69, 9.17) is 4.74 Å².